The number of rotatable bonds is 4. The molecule has 0 aromatic heterocycles. The monoisotopic (exact) mass is 815 g/mol. The smallest absolute Gasteiger partial charge is 0.200 e. The fourth-order valence-electron chi connectivity index (χ4n) is 5.89. The molecule has 0 atom stereocenters. The van der Waals surface area contributed by atoms with Crippen LogP contribution in [-0.2, 0) is 0 Å². The minimum atomic E-state index is -7.22. The zero-order valence-electron chi connectivity index (χ0n) is 27.0. The van der Waals surface area contributed by atoms with Gasteiger partial charge in [0.2, 0.25) is 0 Å². The average Bonchev–Trinajstić information content (AvgIpc) is 3.14. The number of hydrogen-bond donors (Lipinski definition) is 1. The summed E-state index contributed by atoms with van der Waals surface area (Å²) in [5, 5.41) is 0. The third kappa shape index (κ3) is 6.22. The first kappa shape index (κ1) is 42.5. The maximum Gasteiger partial charge on any atom is 0.200 e. The van der Waals surface area contributed by atoms with Gasteiger partial charge in [-0.3, -0.25) is 0 Å². The van der Waals surface area contributed by atoms with Crippen LogP contribution in [0.1, 0.15) is 16.7 Å². The Balaban J connectivity index is 0.000000583. The summed E-state index contributed by atoms with van der Waals surface area (Å²) >= 11 is 0. The maximum atomic E-state index is 15.4. The number of benzene rings is 5. The zero-order valence-corrected chi connectivity index (χ0v) is 27.0. The molecule has 0 radical (unpaired) electrons. The molecule has 0 spiro atoms. The summed E-state index contributed by atoms with van der Waals surface area (Å²) in [6.07, 6.45) is -7.22. The number of quaternary nitrogens is 1. The zero-order chi connectivity index (χ0) is 42.1. The maximum absolute atomic E-state index is 15.4. The predicted molar refractivity (Wildman–Crippen MR) is 152 cm³/mol. The van der Waals surface area contributed by atoms with Gasteiger partial charge in [-0.2, -0.15) is 0 Å². The van der Waals surface area contributed by atoms with E-state index in [0.29, 0.717) is 0 Å². The Morgan fingerprint density at radius 3 is 0.618 bits per heavy atom. The van der Waals surface area contributed by atoms with E-state index in [9.17, 15) is 52.7 Å². The highest BCUT2D eigenvalue weighted by molar-refractivity contribution is 7.20. The molecule has 0 aliphatic carbocycles. The van der Waals surface area contributed by atoms with Gasteiger partial charge in [0, 0.05) is 11.6 Å². The molecule has 0 bridgehead atoms. The van der Waals surface area contributed by atoms with E-state index in [1.54, 1.807) is 0 Å². The minimum absolute atomic E-state index is 1.14. The van der Waals surface area contributed by atoms with Crippen LogP contribution >= 0.6 is 0 Å². The lowest BCUT2D eigenvalue weighted by Crippen LogP contribution is -2.81. The largest absolute Gasteiger partial charge is 0.325 e. The summed E-state index contributed by atoms with van der Waals surface area (Å²) in [5.74, 6) is -71.4. The minimum Gasteiger partial charge on any atom is -0.325 e. The molecule has 0 aliphatic heterocycles. The van der Waals surface area contributed by atoms with Crippen LogP contribution in [0.3, 0.4) is 0 Å². The molecule has 1 nitrogen and oxygen atoms in total. The number of hydrogen-bond acceptors (Lipinski definition) is 0. The fourth-order valence-corrected chi connectivity index (χ4v) is 5.89. The summed E-state index contributed by atoms with van der Waals surface area (Å²) in [7, 11) is 0. The second kappa shape index (κ2) is 14.8. The Morgan fingerprint density at radius 2 is 0.436 bits per heavy atom. The Bertz CT molecular complexity index is 2000. The van der Waals surface area contributed by atoms with E-state index >= 15 is 35.1 Å². The van der Waals surface area contributed by atoms with Crippen LogP contribution in [0.4, 0.5) is 93.5 Å². The summed E-state index contributed by atoms with van der Waals surface area (Å²) in [6.45, 7) is 6.33. The first-order valence-corrected chi connectivity index (χ1v) is 14.4. The predicted octanol–water partition coefficient (Wildman–Crippen LogP) is 7.33. The second-order valence-electron chi connectivity index (χ2n) is 11.7. The van der Waals surface area contributed by atoms with Crippen LogP contribution in [0.5, 0.6) is 0 Å². The topological polar surface area (TPSA) is 27.6 Å². The molecule has 0 aliphatic rings. The summed E-state index contributed by atoms with van der Waals surface area (Å²) in [4.78, 5) is 0. The van der Waals surface area contributed by atoms with E-state index in [-0.39, 0.29) is 0 Å². The highest BCUT2D eigenvalue weighted by Crippen LogP contribution is 2.30. The van der Waals surface area contributed by atoms with E-state index in [4.69, 9.17) is 0 Å². The van der Waals surface area contributed by atoms with Crippen molar-refractivity contribution in [3.63, 3.8) is 0 Å². The van der Waals surface area contributed by atoms with Gasteiger partial charge in [-0.1, -0.05) is 6.07 Å². The average molecular weight is 815 g/mol. The van der Waals surface area contributed by atoms with Crippen molar-refractivity contribution >= 4 is 33.7 Å². The van der Waals surface area contributed by atoms with Gasteiger partial charge in [0.15, 0.2) is 69.8 Å². The van der Waals surface area contributed by atoms with Crippen LogP contribution in [0.25, 0.3) is 0 Å². The van der Waals surface area contributed by atoms with Crippen LogP contribution in [0.15, 0.2) is 12.1 Å². The highest BCUT2D eigenvalue weighted by Gasteiger charge is 2.52. The molecule has 0 amide bonds. The Kier molecular flexibility index (Phi) is 11.4. The van der Waals surface area contributed by atoms with Crippen molar-refractivity contribution < 1.29 is 93.5 Å². The molecular formula is C33H14BF20N. The Morgan fingerprint density at radius 1 is 0.273 bits per heavy atom. The molecule has 294 valence electrons. The lowest BCUT2D eigenvalue weighted by atomic mass is 9.12. The van der Waals surface area contributed by atoms with E-state index in [1.807, 2.05) is 0 Å². The molecule has 5 aromatic rings. The Hall–Kier alpha value is -5.28. The molecule has 3 N–H and O–H groups in total. The molecule has 0 saturated carbocycles. The van der Waals surface area contributed by atoms with Crippen LogP contribution in [0.2, 0.25) is 0 Å². The standard InChI is InChI=1S/C24BF20.C9H13N/c26-5-1(6(27)14(35)21(42)13(5)34)25(2-7(28)15(36)22(43)16(37)8(2)29,3-9(30)17(38)23(44)18(39)10(3)31)4-11(32)19(40)24(45)20(41)12(4)33;1-6-4-8(3)9(10)5-7(6)2/h;4-5H,10H2,1-3H3/q-1;/p+1. The van der Waals surface area contributed by atoms with Crippen molar-refractivity contribution in [3.8, 4) is 0 Å². The van der Waals surface area contributed by atoms with Gasteiger partial charge < -0.3 is 5.73 Å². The van der Waals surface area contributed by atoms with E-state index < -0.39 is 144 Å². The number of halogens is 20. The third-order valence-corrected chi connectivity index (χ3v) is 8.66. The first-order valence-electron chi connectivity index (χ1n) is 14.4. The van der Waals surface area contributed by atoms with Crippen LogP contribution in [0, 0.1) is 137 Å². The van der Waals surface area contributed by atoms with Crippen molar-refractivity contribution in [1.82, 2.24) is 0 Å². The van der Waals surface area contributed by atoms with Crippen molar-refractivity contribution in [1.29, 1.82) is 0 Å². The van der Waals surface area contributed by atoms with Gasteiger partial charge in [0.25, 0.3) is 0 Å². The molecule has 55 heavy (non-hydrogen) atoms. The third-order valence-electron chi connectivity index (χ3n) is 8.66. The molecule has 0 heterocycles. The SMILES string of the molecule is Cc1cc(C)c([NH3+])cc1C.Fc1c(F)c(F)c([B-](c2c(F)c(F)c(F)c(F)c2F)(c2c(F)c(F)c(F)c(F)c2F)c2c(F)c(F)c(F)c(F)c2F)c(F)c1F. The van der Waals surface area contributed by atoms with Crippen LogP contribution in [-0.4, -0.2) is 6.15 Å². The van der Waals surface area contributed by atoms with Crippen LogP contribution < -0.4 is 27.6 Å². The molecule has 5 rings (SSSR count). The lowest BCUT2D eigenvalue weighted by Gasteiger charge is -2.44. The quantitative estimate of drug-likeness (QED) is 0.0853. The Labute approximate surface area is 293 Å². The highest BCUT2D eigenvalue weighted by atomic mass is 19.2. The summed E-state index contributed by atoms with van der Waals surface area (Å²) < 4.78 is 294. The van der Waals surface area contributed by atoms with Crippen molar-refractivity contribution in [2.24, 2.45) is 0 Å². The van der Waals surface area contributed by atoms with E-state index in [1.165, 1.54) is 16.7 Å². The fraction of sp³-hybridized carbons (Fsp3) is 0.0909. The molecule has 22 heteroatoms. The van der Waals surface area contributed by atoms with Gasteiger partial charge in [0.1, 0.15) is 58.4 Å². The van der Waals surface area contributed by atoms with Gasteiger partial charge in [-0.25, -0.2) is 87.8 Å². The first-order chi connectivity index (χ1) is 25.3. The second-order valence-corrected chi connectivity index (χ2v) is 11.7. The van der Waals surface area contributed by atoms with Crippen molar-refractivity contribution in [2.75, 3.05) is 0 Å². The van der Waals surface area contributed by atoms with Gasteiger partial charge in [0.05, 0.1) is 0 Å². The van der Waals surface area contributed by atoms with Gasteiger partial charge >= 0.3 is 0 Å². The molecule has 0 unspecified atom stereocenters. The molecule has 0 fully saturated rings. The van der Waals surface area contributed by atoms with E-state index in [0.717, 1.165) is 5.69 Å². The van der Waals surface area contributed by atoms with Gasteiger partial charge in [-0.15, -0.1) is 21.9 Å². The summed E-state index contributed by atoms with van der Waals surface area (Å²) in [6, 6.07) is 4.31. The van der Waals surface area contributed by atoms with Gasteiger partial charge in [-0.05, 0) is 31.9 Å². The molecule has 5 aromatic carbocycles. The van der Waals surface area contributed by atoms with Crippen molar-refractivity contribution in [2.45, 2.75) is 20.8 Å². The van der Waals surface area contributed by atoms with E-state index in [2.05, 4.69) is 38.6 Å². The normalized spacial score (nSPS) is 11.6. The summed E-state index contributed by atoms with van der Waals surface area (Å²) in [5.41, 5.74) is -5.30. The lowest BCUT2D eigenvalue weighted by molar-refractivity contribution is -0.255. The molecular weight excluding hydrogens is 801 g/mol. The number of aryl methyl sites for hydroxylation is 3. The molecule has 0 saturated heterocycles. The van der Waals surface area contributed by atoms with Crippen molar-refractivity contribution in [3.05, 3.63) is 145 Å².